The third-order valence-corrected chi connectivity index (χ3v) is 0. The van der Waals surface area contributed by atoms with Crippen molar-refractivity contribution in [3.8, 4) is 0 Å². The zero-order valence-corrected chi connectivity index (χ0v) is 8.90. The third-order valence-electron chi connectivity index (χ3n) is 0. The van der Waals surface area contributed by atoms with Gasteiger partial charge in [-0.2, -0.15) is 0 Å². The molecule has 9 heavy (non-hydrogen) atoms. The molecule has 0 bridgehead atoms. The van der Waals surface area contributed by atoms with E-state index in [-0.39, 0.29) is 23.9 Å². The predicted octanol–water partition coefficient (Wildman–Crippen LogP) is -1.19. The normalized spacial score (nSPS) is 9.78. The SMILES string of the molecule is N[P+](=O)O.N[P+](=O)O.[Sn]. The Hall–Kier alpha value is 0.839. The first-order chi connectivity index (χ1) is 3.46. The van der Waals surface area contributed by atoms with Gasteiger partial charge in [0, 0.05) is 23.9 Å². The van der Waals surface area contributed by atoms with Gasteiger partial charge in [-0.15, -0.1) is 9.79 Å². The molecule has 0 saturated heterocycles. The summed E-state index contributed by atoms with van der Waals surface area (Å²) in [6.45, 7) is 0. The summed E-state index contributed by atoms with van der Waals surface area (Å²) in [5.41, 5.74) is 8.35. The van der Waals surface area contributed by atoms with Gasteiger partial charge in [0.05, 0.1) is 0 Å². The van der Waals surface area contributed by atoms with E-state index in [0.717, 1.165) is 0 Å². The minimum Gasteiger partial charge on any atom is -0.144 e. The van der Waals surface area contributed by atoms with Crippen LogP contribution in [0.1, 0.15) is 0 Å². The second kappa shape index (κ2) is 11.6. The van der Waals surface area contributed by atoms with Crippen LogP contribution in [0, 0.1) is 0 Å². The third kappa shape index (κ3) is 588. The van der Waals surface area contributed by atoms with Gasteiger partial charge in [-0.25, -0.2) is 0 Å². The Bertz CT molecular complexity index is 74.6. The quantitative estimate of drug-likeness (QED) is 0.326. The molecule has 0 saturated carbocycles. The van der Waals surface area contributed by atoms with Crippen molar-refractivity contribution in [3.63, 3.8) is 0 Å². The van der Waals surface area contributed by atoms with E-state index in [2.05, 4.69) is 11.0 Å². The average molecular weight is 279 g/mol. The maximum atomic E-state index is 8.93. The average Bonchev–Trinajstić information content (AvgIpc) is 1.25. The number of hydrogen-bond donors (Lipinski definition) is 4. The molecular formula is H6N2O4P2Sn+2. The predicted molar refractivity (Wildman–Crippen MR) is 33.8 cm³/mol. The summed E-state index contributed by atoms with van der Waals surface area (Å²) in [5, 5.41) is 0. The maximum Gasteiger partial charge on any atom is 0.607 e. The number of rotatable bonds is 0. The summed E-state index contributed by atoms with van der Waals surface area (Å²) in [5.74, 6) is 0. The van der Waals surface area contributed by atoms with E-state index >= 15 is 0 Å². The Morgan fingerprint density at radius 1 is 1.00 bits per heavy atom. The molecule has 0 aromatic heterocycles. The molecule has 0 heterocycles. The molecule has 52 valence electrons. The van der Waals surface area contributed by atoms with E-state index in [9.17, 15) is 0 Å². The van der Waals surface area contributed by atoms with Crippen LogP contribution in [0.15, 0.2) is 0 Å². The largest absolute Gasteiger partial charge is 0.607 e. The van der Waals surface area contributed by atoms with Crippen molar-refractivity contribution in [1.29, 1.82) is 0 Å². The summed E-state index contributed by atoms with van der Waals surface area (Å²) in [6.07, 6.45) is 0. The van der Waals surface area contributed by atoms with Gasteiger partial charge in [-0.05, 0) is 9.13 Å². The van der Waals surface area contributed by atoms with Crippen LogP contribution in [-0.4, -0.2) is 33.7 Å². The van der Waals surface area contributed by atoms with Gasteiger partial charge in [0.1, 0.15) is 0 Å². The fourth-order valence-electron chi connectivity index (χ4n) is 0. The van der Waals surface area contributed by atoms with E-state index in [0.29, 0.717) is 0 Å². The topological polar surface area (TPSA) is 127 Å². The van der Waals surface area contributed by atoms with E-state index in [4.69, 9.17) is 18.9 Å². The summed E-state index contributed by atoms with van der Waals surface area (Å²) in [7, 11) is -4.74. The van der Waals surface area contributed by atoms with Gasteiger partial charge in [0.2, 0.25) is 0 Å². The first kappa shape index (κ1) is 16.4. The molecule has 0 fully saturated rings. The van der Waals surface area contributed by atoms with E-state index in [1.165, 1.54) is 0 Å². The Balaban J connectivity index is -0.0000000720. The first-order valence-electron chi connectivity index (χ1n) is 1.28. The van der Waals surface area contributed by atoms with Crippen LogP contribution in [0.5, 0.6) is 0 Å². The molecule has 0 amide bonds. The number of nitrogens with two attached hydrogens (primary N) is 2. The van der Waals surface area contributed by atoms with Crippen molar-refractivity contribution in [3.05, 3.63) is 0 Å². The minimum atomic E-state index is -2.37. The molecule has 0 rings (SSSR count). The smallest absolute Gasteiger partial charge is 0.144 e. The summed E-state index contributed by atoms with van der Waals surface area (Å²) in [6, 6.07) is 0. The van der Waals surface area contributed by atoms with E-state index < -0.39 is 16.4 Å². The molecule has 9 heteroatoms. The molecule has 6 N–H and O–H groups in total. The molecule has 4 radical (unpaired) electrons. The van der Waals surface area contributed by atoms with Crippen LogP contribution < -0.4 is 11.0 Å². The fourth-order valence-corrected chi connectivity index (χ4v) is 0. The zero-order chi connectivity index (χ0) is 7.15. The molecule has 2 unspecified atom stereocenters. The Labute approximate surface area is 70.4 Å². The van der Waals surface area contributed by atoms with Crippen LogP contribution in [0.2, 0.25) is 0 Å². The molecule has 0 aromatic rings. The Morgan fingerprint density at radius 2 is 1.00 bits per heavy atom. The molecule has 0 aliphatic rings. The minimum absolute atomic E-state index is 0. The Morgan fingerprint density at radius 3 is 1.00 bits per heavy atom. The van der Waals surface area contributed by atoms with E-state index in [1.54, 1.807) is 0 Å². The van der Waals surface area contributed by atoms with Gasteiger partial charge in [-0.1, -0.05) is 11.0 Å². The van der Waals surface area contributed by atoms with Crippen molar-refractivity contribution in [2.75, 3.05) is 0 Å². The van der Waals surface area contributed by atoms with Gasteiger partial charge >= 0.3 is 16.4 Å². The summed E-state index contributed by atoms with van der Waals surface area (Å²) < 4.78 is 17.9. The van der Waals surface area contributed by atoms with Gasteiger partial charge in [0.25, 0.3) is 0 Å². The first-order valence-corrected chi connectivity index (χ1v) is 3.84. The van der Waals surface area contributed by atoms with Crippen LogP contribution in [-0.2, 0) is 9.13 Å². The van der Waals surface area contributed by atoms with E-state index in [1.807, 2.05) is 0 Å². The summed E-state index contributed by atoms with van der Waals surface area (Å²) in [4.78, 5) is 14.7. The van der Waals surface area contributed by atoms with Crippen molar-refractivity contribution >= 4 is 40.3 Å². The van der Waals surface area contributed by atoms with Crippen LogP contribution in [0.4, 0.5) is 0 Å². The molecule has 0 aromatic carbocycles. The van der Waals surface area contributed by atoms with Crippen molar-refractivity contribution < 1.29 is 18.9 Å². The van der Waals surface area contributed by atoms with Gasteiger partial charge in [0.15, 0.2) is 0 Å². The maximum absolute atomic E-state index is 8.93. The van der Waals surface area contributed by atoms with Crippen molar-refractivity contribution in [1.82, 2.24) is 0 Å². The monoisotopic (exact) mass is 280 g/mol. The second-order valence-electron chi connectivity index (χ2n) is 0.605. The molecular weight excluding hydrogens is 273 g/mol. The fraction of sp³-hybridized carbons (Fsp3) is 0. The molecule has 0 spiro atoms. The Kier molecular flexibility index (Phi) is 21.2. The zero-order valence-electron chi connectivity index (χ0n) is 4.26. The molecule has 6 nitrogen and oxygen atoms in total. The van der Waals surface area contributed by atoms with Crippen LogP contribution in [0.25, 0.3) is 0 Å². The molecule has 2 atom stereocenters. The van der Waals surface area contributed by atoms with Crippen LogP contribution in [0.3, 0.4) is 0 Å². The van der Waals surface area contributed by atoms with Gasteiger partial charge < -0.3 is 0 Å². The van der Waals surface area contributed by atoms with Crippen molar-refractivity contribution in [2.24, 2.45) is 11.0 Å². The van der Waals surface area contributed by atoms with Crippen LogP contribution >= 0.6 is 16.4 Å². The second-order valence-corrected chi connectivity index (χ2v) is 1.82. The standard InChI is InChI=1S/2H2NO2P.Sn/c2*1-4(2)3;/h2*(H2-,1,2,3);/p+2. The number of hydrogen-bond acceptors (Lipinski definition) is 2. The van der Waals surface area contributed by atoms with Gasteiger partial charge in [-0.3, -0.25) is 0 Å². The molecule has 0 aliphatic carbocycles. The summed E-state index contributed by atoms with van der Waals surface area (Å²) >= 11 is 0. The molecule has 0 aliphatic heterocycles. The van der Waals surface area contributed by atoms with Crippen molar-refractivity contribution in [2.45, 2.75) is 0 Å².